The number of thiol groups is 1. The van der Waals surface area contributed by atoms with Crippen LogP contribution in [0.3, 0.4) is 0 Å². The van der Waals surface area contributed by atoms with E-state index in [0.29, 0.717) is 9.79 Å². The maximum absolute atomic E-state index is 12.2. The molecule has 0 saturated heterocycles. The zero-order valence-corrected chi connectivity index (χ0v) is 13.4. The molecular formula is C13H10FO2S4-. The Morgan fingerprint density at radius 2 is 1.65 bits per heavy atom. The van der Waals surface area contributed by atoms with Gasteiger partial charge in [0, 0.05) is 10.5 Å². The van der Waals surface area contributed by atoms with Gasteiger partial charge in [0.05, 0.1) is 0 Å². The molecule has 0 saturated carbocycles. The summed E-state index contributed by atoms with van der Waals surface area (Å²) in [4.78, 5) is 11.6. The van der Waals surface area contributed by atoms with Crippen molar-refractivity contribution in [3.63, 3.8) is 0 Å². The van der Waals surface area contributed by atoms with Crippen LogP contribution in [0.2, 0.25) is 0 Å². The Balaban J connectivity index is 0.000000217. The first-order valence-corrected chi connectivity index (χ1v) is 8.80. The van der Waals surface area contributed by atoms with E-state index in [-0.39, 0.29) is 11.4 Å². The highest BCUT2D eigenvalue weighted by atomic mass is 33.1. The lowest BCUT2D eigenvalue weighted by Crippen LogP contribution is -1.99. The molecule has 2 nitrogen and oxygen atoms in total. The molecule has 7 heteroatoms. The van der Waals surface area contributed by atoms with Gasteiger partial charge in [-0.3, -0.25) is 22.4 Å². The summed E-state index contributed by atoms with van der Waals surface area (Å²) >= 11 is 13.5. The van der Waals surface area contributed by atoms with Crippen molar-refractivity contribution in [1.82, 2.24) is 0 Å². The molecule has 1 N–H and O–H groups in total. The quantitative estimate of drug-likeness (QED) is 0.646. The molecule has 0 radical (unpaired) electrons. The molecule has 0 aliphatic carbocycles. The number of halogens is 1. The number of carboxylic acids is 1. The maximum atomic E-state index is 12.2. The molecule has 0 atom stereocenters. The number of carboxylic acid groups (broad SMARTS) is 1. The van der Waals surface area contributed by atoms with Crippen molar-refractivity contribution in [2.24, 2.45) is 0 Å². The molecule has 0 spiro atoms. The number of aromatic carboxylic acids is 1. The van der Waals surface area contributed by atoms with E-state index in [1.807, 2.05) is 0 Å². The van der Waals surface area contributed by atoms with E-state index in [9.17, 15) is 9.18 Å². The summed E-state index contributed by atoms with van der Waals surface area (Å²) < 4.78 is 12.2. The highest BCUT2D eigenvalue weighted by Crippen LogP contribution is 2.10. The van der Waals surface area contributed by atoms with Gasteiger partial charge in [-0.2, -0.15) is 0 Å². The molecule has 0 unspecified atom stereocenters. The standard InChI is InChI=1S/C7H5O2S3.C6H5FS/c8-7(9)5-3-1-2-4-6(5)12(10)11;7-5-3-1-2-4-6(5)8/h1-4H,(H,8,9);1-4,8H/q-1;. The van der Waals surface area contributed by atoms with E-state index in [4.69, 9.17) is 27.5 Å². The number of rotatable bonds is 2. The fraction of sp³-hybridized carbons (Fsp3) is 0. The fourth-order valence-electron chi connectivity index (χ4n) is 1.24. The van der Waals surface area contributed by atoms with E-state index in [2.05, 4.69) is 12.6 Å². The zero-order valence-electron chi connectivity index (χ0n) is 10.0. The van der Waals surface area contributed by atoms with Crippen molar-refractivity contribution in [2.45, 2.75) is 9.79 Å². The number of hydrogen-bond acceptors (Lipinski definition) is 5. The molecule has 20 heavy (non-hydrogen) atoms. The van der Waals surface area contributed by atoms with E-state index in [1.54, 1.807) is 36.4 Å². The van der Waals surface area contributed by atoms with Crippen LogP contribution in [0, 0.1) is 5.82 Å². The van der Waals surface area contributed by atoms with Crippen molar-refractivity contribution < 1.29 is 14.3 Å². The van der Waals surface area contributed by atoms with Gasteiger partial charge in [0.2, 0.25) is 0 Å². The lowest BCUT2D eigenvalue weighted by molar-refractivity contribution is 0.0693. The summed E-state index contributed by atoms with van der Waals surface area (Å²) in [6, 6.07) is 12.9. The van der Waals surface area contributed by atoms with Crippen molar-refractivity contribution in [3.05, 3.63) is 59.9 Å². The first kappa shape index (κ1) is 17.0. The van der Waals surface area contributed by atoms with Gasteiger partial charge in [0.15, 0.2) is 0 Å². The Morgan fingerprint density at radius 1 is 1.10 bits per heavy atom. The van der Waals surface area contributed by atoms with Gasteiger partial charge in [-0.05, 0) is 18.2 Å². The predicted molar refractivity (Wildman–Crippen MR) is 87.4 cm³/mol. The van der Waals surface area contributed by atoms with Gasteiger partial charge in [-0.15, -0.1) is 17.5 Å². The van der Waals surface area contributed by atoms with Crippen LogP contribution < -0.4 is 0 Å². The molecule has 2 aromatic rings. The zero-order chi connectivity index (χ0) is 15.1. The average Bonchev–Trinajstić information content (AvgIpc) is 2.43. The number of carbonyl (C=O) groups is 1. The second-order valence-electron chi connectivity index (χ2n) is 3.49. The van der Waals surface area contributed by atoms with Gasteiger partial charge in [0.1, 0.15) is 5.82 Å². The van der Waals surface area contributed by atoms with Crippen LogP contribution in [-0.4, -0.2) is 11.1 Å². The van der Waals surface area contributed by atoms with Crippen LogP contribution in [0.15, 0.2) is 58.3 Å². The number of benzene rings is 2. The predicted octanol–water partition coefficient (Wildman–Crippen LogP) is 3.40. The molecule has 0 amide bonds. The monoisotopic (exact) mass is 345 g/mol. The minimum Gasteiger partial charge on any atom is -0.478 e. The minimum atomic E-state index is -0.974. The Kier molecular flexibility index (Phi) is 7.08. The summed E-state index contributed by atoms with van der Waals surface area (Å²) in [6.07, 6.45) is 0. The topological polar surface area (TPSA) is 37.3 Å². The molecule has 0 aliphatic heterocycles. The molecule has 2 aromatic carbocycles. The lowest BCUT2D eigenvalue weighted by Gasteiger charge is -2.07. The summed E-state index contributed by atoms with van der Waals surface area (Å²) in [5.41, 5.74) is 0.214. The SMILES string of the molecule is Fc1ccccc1S.O=C(O)c1ccccc1[S-](=S)=S. The summed E-state index contributed by atoms with van der Waals surface area (Å²) in [5.74, 6) is -1.24. The molecule has 106 valence electrons. The second-order valence-corrected chi connectivity index (χ2v) is 7.51. The molecule has 0 aliphatic rings. The first-order valence-electron chi connectivity index (χ1n) is 5.28. The van der Waals surface area contributed by atoms with Crippen LogP contribution in [0.4, 0.5) is 4.39 Å². The molecule has 0 aromatic heterocycles. The van der Waals surface area contributed by atoms with E-state index >= 15 is 0 Å². The molecule has 0 bridgehead atoms. The van der Waals surface area contributed by atoms with Crippen LogP contribution in [0.5, 0.6) is 0 Å². The van der Waals surface area contributed by atoms with Crippen molar-refractivity contribution in [2.75, 3.05) is 0 Å². The molecule has 0 heterocycles. The highest BCUT2D eigenvalue weighted by molar-refractivity contribution is 8.46. The van der Waals surface area contributed by atoms with E-state index in [0.717, 1.165) is 0 Å². The Morgan fingerprint density at radius 3 is 2.05 bits per heavy atom. The van der Waals surface area contributed by atoms with Crippen LogP contribution >= 0.6 is 12.6 Å². The van der Waals surface area contributed by atoms with Crippen molar-refractivity contribution in [3.8, 4) is 0 Å². The summed E-state index contributed by atoms with van der Waals surface area (Å²) in [6.45, 7) is 0. The van der Waals surface area contributed by atoms with Gasteiger partial charge in [0.25, 0.3) is 0 Å². The van der Waals surface area contributed by atoms with Crippen LogP contribution in [0.1, 0.15) is 10.4 Å². The Hall–Kier alpha value is -1.02. The van der Waals surface area contributed by atoms with Gasteiger partial charge >= 0.3 is 5.97 Å². The maximum Gasteiger partial charge on any atom is 0.334 e. The van der Waals surface area contributed by atoms with Crippen LogP contribution in [-0.2, 0) is 30.4 Å². The summed E-state index contributed by atoms with van der Waals surface area (Å²) in [5, 5.41) is 8.73. The molecule has 0 fully saturated rings. The minimum absolute atomic E-state index is 0.214. The van der Waals surface area contributed by atoms with Gasteiger partial charge in [-0.1, -0.05) is 30.3 Å². The fourth-order valence-corrected chi connectivity index (χ4v) is 2.80. The largest absolute Gasteiger partial charge is 0.478 e. The third-order valence-electron chi connectivity index (χ3n) is 2.15. The smallest absolute Gasteiger partial charge is 0.334 e. The molecule has 2 rings (SSSR count). The van der Waals surface area contributed by atoms with Crippen LogP contribution in [0.25, 0.3) is 0 Å². The second kappa shape index (κ2) is 8.31. The normalized spacial score (nSPS) is 9.75. The third-order valence-corrected chi connectivity index (χ3v) is 4.30. The van der Waals surface area contributed by atoms with E-state index in [1.165, 1.54) is 12.1 Å². The van der Waals surface area contributed by atoms with Crippen molar-refractivity contribution in [1.29, 1.82) is 0 Å². The third kappa shape index (κ3) is 5.16. The number of hydrogen-bond donors (Lipinski definition) is 2. The average molecular weight is 345 g/mol. The lowest BCUT2D eigenvalue weighted by atomic mass is 10.2. The van der Waals surface area contributed by atoms with Gasteiger partial charge in [-0.25, -0.2) is 9.18 Å². The Labute approximate surface area is 132 Å². The summed E-state index contributed by atoms with van der Waals surface area (Å²) in [7, 11) is -0.825. The van der Waals surface area contributed by atoms with Crippen molar-refractivity contribution >= 4 is 49.0 Å². The van der Waals surface area contributed by atoms with E-state index < -0.39 is 14.0 Å². The Bertz CT molecular complexity index is 655. The van der Waals surface area contributed by atoms with Gasteiger partial charge < -0.3 is 13.1 Å². The highest BCUT2D eigenvalue weighted by Gasteiger charge is 2.01. The first-order chi connectivity index (χ1) is 9.43. The molecular weight excluding hydrogens is 335 g/mol.